The first-order valence-electron chi connectivity index (χ1n) is 14.4. The van der Waals surface area contributed by atoms with Crippen molar-refractivity contribution in [1.29, 1.82) is 0 Å². The minimum absolute atomic E-state index is 0.0679. The van der Waals surface area contributed by atoms with Crippen LogP contribution in [0.25, 0.3) is 0 Å². The zero-order valence-electron chi connectivity index (χ0n) is 24.8. The number of hydrogen-bond acceptors (Lipinski definition) is 12. The van der Waals surface area contributed by atoms with Gasteiger partial charge >= 0.3 is 0 Å². The van der Waals surface area contributed by atoms with Crippen LogP contribution in [-0.4, -0.2) is 131 Å². The largest absolute Gasteiger partial charge is 0.377 e. The molecule has 14 heteroatoms. The van der Waals surface area contributed by atoms with Crippen molar-refractivity contribution in [1.82, 2.24) is 4.90 Å². The molecule has 1 aliphatic heterocycles. The summed E-state index contributed by atoms with van der Waals surface area (Å²) in [5.74, 6) is -0.574. The Balaban J connectivity index is 0.986. The number of rotatable bonds is 26. The molecule has 2 aromatic rings. The lowest BCUT2D eigenvalue weighted by Crippen LogP contribution is -2.33. The second-order valence-corrected chi connectivity index (χ2v) is 10.8. The quantitative estimate of drug-likeness (QED) is 0.0841. The van der Waals surface area contributed by atoms with Crippen LogP contribution in [-0.2, 0) is 47.5 Å². The van der Waals surface area contributed by atoms with Crippen LogP contribution in [0.5, 0.6) is 0 Å². The van der Waals surface area contributed by atoms with Crippen molar-refractivity contribution < 1.29 is 55.3 Å². The number of imide groups is 1. The SMILES string of the molecule is O=C1c2ccccc2C(=O)N1CCOCCOCCOCCOCCOCCOCCOCCOS(=O)(=O)c1ccccc1. The van der Waals surface area contributed by atoms with Crippen molar-refractivity contribution in [3.63, 3.8) is 0 Å². The molecular formula is C30H41NO12S. The molecule has 0 radical (unpaired) electrons. The monoisotopic (exact) mass is 639 g/mol. The topological polar surface area (TPSA) is 145 Å². The van der Waals surface area contributed by atoms with E-state index in [9.17, 15) is 18.0 Å². The van der Waals surface area contributed by atoms with Gasteiger partial charge in [-0.1, -0.05) is 30.3 Å². The molecule has 0 aliphatic carbocycles. The average molecular weight is 640 g/mol. The van der Waals surface area contributed by atoms with Crippen LogP contribution >= 0.6 is 0 Å². The number of carbonyl (C=O) groups excluding carboxylic acids is 2. The number of amides is 2. The van der Waals surface area contributed by atoms with E-state index in [1.165, 1.54) is 17.0 Å². The number of nitrogens with zero attached hydrogens (tertiary/aromatic N) is 1. The van der Waals surface area contributed by atoms with Crippen LogP contribution in [0.2, 0.25) is 0 Å². The normalized spacial score (nSPS) is 13.1. The minimum Gasteiger partial charge on any atom is -0.377 e. The third-order valence-corrected chi connectivity index (χ3v) is 7.39. The summed E-state index contributed by atoms with van der Waals surface area (Å²) in [4.78, 5) is 25.9. The Hall–Kier alpha value is -2.79. The zero-order chi connectivity index (χ0) is 31.3. The van der Waals surface area contributed by atoms with Gasteiger partial charge in [-0.3, -0.25) is 18.7 Å². The van der Waals surface area contributed by atoms with Gasteiger partial charge in [0.15, 0.2) is 0 Å². The molecule has 13 nitrogen and oxygen atoms in total. The van der Waals surface area contributed by atoms with Gasteiger partial charge < -0.3 is 33.2 Å². The molecule has 2 aromatic carbocycles. The fraction of sp³-hybridized carbons (Fsp3) is 0.533. The third-order valence-electron chi connectivity index (χ3n) is 6.07. The first-order valence-corrected chi connectivity index (χ1v) is 15.9. The molecule has 0 bridgehead atoms. The molecule has 0 N–H and O–H groups in total. The molecule has 3 rings (SSSR count). The minimum atomic E-state index is -3.77. The number of fused-ring (bicyclic) bond motifs is 1. The molecule has 0 unspecified atom stereocenters. The van der Waals surface area contributed by atoms with E-state index in [4.69, 9.17) is 37.3 Å². The fourth-order valence-corrected chi connectivity index (χ4v) is 4.79. The van der Waals surface area contributed by atoms with Gasteiger partial charge in [0.25, 0.3) is 21.9 Å². The summed E-state index contributed by atoms with van der Waals surface area (Å²) < 4.78 is 66.8. The predicted molar refractivity (Wildman–Crippen MR) is 157 cm³/mol. The number of ether oxygens (including phenoxy) is 7. The van der Waals surface area contributed by atoms with Gasteiger partial charge in [-0.2, -0.15) is 8.42 Å². The van der Waals surface area contributed by atoms with Crippen LogP contribution in [0.4, 0.5) is 0 Å². The van der Waals surface area contributed by atoms with Gasteiger partial charge in [-0.25, -0.2) is 0 Å². The second-order valence-electron chi connectivity index (χ2n) is 9.18. The second kappa shape index (κ2) is 21.0. The molecule has 0 atom stereocenters. The highest BCUT2D eigenvalue weighted by Gasteiger charge is 2.34. The van der Waals surface area contributed by atoms with Crippen molar-refractivity contribution >= 4 is 21.9 Å². The Morgan fingerprint density at radius 3 is 1.20 bits per heavy atom. The van der Waals surface area contributed by atoms with E-state index in [0.29, 0.717) is 90.4 Å². The van der Waals surface area contributed by atoms with Gasteiger partial charge in [0.1, 0.15) is 0 Å². The molecule has 0 spiro atoms. The Labute approximate surface area is 258 Å². The van der Waals surface area contributed by atoms with Crippen LogP contribution in [0.3, 0.4) is 0 Å². The Morgan fingerprint density at radius 1 is 0.455 bits per heavy atom. The molecule has 1 aliphatic rings. The van der Waals surface area contributed by atoms with Gasteiger partial charge in [0.2, 0.25) is 0 Å². The van der Waals surface area contributed by atoms with Crippen molar-refractivity contribution in [2.75, 3.05) is 106 Å². The van der Waals surface area contributed by atoms with Crippen LogP contribution in [0.1, 0.15) is 20.7 Å². The lowest BCUT2D eigenvalue weighted by molar-refractivity contribution is -0.0214. The maximum absolute atomic E-state index is 12.3. The summed E-state index contributed by atoms with van der Waals surface area (Å²) in [6, 6.07) is 14.7. The lowest BCUT2D eigenvalue weighted by Gasteiger charge is -2.13. The molecule has 1 heterocycles. The van der Waals surface area contributed by atoms with E-state index in [1.807, 2.05) is 0 Å². The Bertz CT molecular complexity index is 1180. The lowest BCUT2D eigenvalue weighted by atomic mass is 10.1. The van der Waals surface area contributed by atoms with Crippen molar-refractivity contribution in [3.8, 4) is 0 Å². The van der Waals surface area contributed by atoms with Crippen LogP contribution < -0.4 is 0 Å². The molecule has 0 saturated carbocycles. The van der Waals surface area contributed by atoms with Crippen molar-refractivity contribution in [2.24, 2.45) is 0 Å². The van der Waals surface area contributed by atoms with Crippen LogP contribution in [0.15, 0.2) is 59.5 Å². The maximum Gasteiger partial charge on any atom is 0.297 e. The molecular weight excluding hydrogens is 598 g/mol. The Morgan fingerprint density at radius 2 is 0.795 bits per heavy atom. The fourth-order valence-electron chi connectivity index (χ4n) is 3.88. The Kier molecular flexibility index (Phi) is 17.1. The van der Waals surface area contributed by atoms with Gasteiger partial charge in [0, 0.05) is 0 Å². The first kappa shape index (κ1) is 35.7. The highest BCUT2D eigenvalue weighted by atomic mass is 32.2. The highest BCUT2D eigenvalue weighted by Crippen LogP contribution is 2.21. The molecule has 0 saturated heterocycles. The van der Waals surface area contributed by atoms with Gasteiger partial charge in [0.05, 0.1) is 122 Å². The summed E-state index contributed by atoms with van der Waals surface area (Å²) >= 11 is 0. The molecule has 44 heavy (non-hydrogen) atoms. The van der Waals surface area contributed by atoms with Crippen molar-refractivity contribution in [3.05, 3.63) is 65.7 Å². The van der Waals surface area contributed by atoms with E-state index in [2.05, 4.69) is 0 Å². The molecule has 0 fully saturated rings. The third kappa shape index (κ3) is 13.1. The zero-order valence-corrected chi connectivity index (χ0v) is 25.6. The summed E-state index contributed by atoms with van der Waals surface area (Å²) in [7, 11) is -3.77. The van der Waals surface area contributed by atoms with E-state index in [0.717, 1.165) is 0 Å². The number of benzene rings is 2. The smallest absolute Gasteiger partial charge is 0.297 e. The van der Waals surface area contributed by atoms with Gasteiger partial charge in [-0.15, -0.1) is 0 Å². The average Bonchev–Trinajstić information content (AvgIpc) is 3.28. The maximum atomic E-state index is 12.3. The molecule has 244 valence electrons. The summed E-state index contributed by atoms with van der Waals surface area (Å²) in [5, 5.41) is 0. The first-order chi connectivity index (χ1) is 21.5. The van der Waals surface area contributed by atoms with E-state index in [-0.39, 0.29) is 43.1 Å². The molecule has 2 amide bonds. The predicted octanol–water partition coefficient (Wildman–Crippen LogP) is 1.80. The van der Waals surface area contributed by atoms with E-state index < -0.39 is 10.1 Å². The molecule has 0 aromatic heterocycles. The highest BCUT2D eigenvalue weighted by molar-refractivity contribution is 7.86. The number of carbonyl (C=O) groups is 2. The van der Waals surface area contributed by atoms with Crippen LogP contribution in [0, 0.1) is 0 Å². The van der Waals surface area contributed by atoms with Gasteiger partial charge in [-0.05, 0) is 24.3 Å². The summed E-state index contributed by atoms with van der Waals surface area (Å²) in [5.41, 5.74) is 0.867. The number of hydrogen-bond donors (Lipinski definition) is 0. The van der Waals surface area contributed by atoms with E-state index >= 15 is 0 Å². The summed E-state index contributed by atoms with van der Waals surface area (Å²) in [6.07, 6.45) is 0. The standard InChI is InChI=1S/C30H41NO12S/c32-29-27-8-4-5-9-28(27)30(33)31(29)10-11-36-12-13-37-14-15-38-16-17-39-18-19-40-20-21-41-22-23-42-24-25-43-44(34,35)26-6-2-1-3-7-26/h1-9H,10-25H2. The summed E-state index contributed by atoms with van der Waals surface area (Å²) in [6.45, 7) is 5.35. The van der Waals surface area contributed by atoms with Crippen molar-refractivity contribution in [2.45, 2.75) is 4.90 Å². The van der Waals surface area contributed by atoms with E-state index in [1.54, 1.807) is 42.5 Å².